The SMILES string of the molecule is COCCNC(=S)N/N=C(/C)c1nc2ccccc2s1. The van der Waals surface area contributed by atoms with Crippen LogP contribution in [0, 0.1) is 0 Å². The Bertz CT molecular complexity index is 591. The molecule has 0 fully saturated rings. The van der Waals surface area contributed by atoms with Gasteiger partial charge in [0.15, 0.2) is 5.11 Å². The number of para-hydroxylation sites is 1. The molecule has 106 valence electrons. The second-order valence-electron chi connectivity index (χ2n) is 4.04. The first-order chi connectivity index (χ1) is 9.70. The molecule has 1 aromatic carbocycles. The summed E-state index contributed by atoms with van der Waals surface area (Å²) < 4.78 is 6.08. The van der Waals surface area contributed by atoms with E-state index in [2.05, 4.69) is 20.8 Å². The number of fused-ring (bicyclic) bond motifs is 1. The van der Waals surface area contributed by atoms with Crippen molar-refractivity contribution in [2.24, 2.45) is 5.10 Å². The van der Waals surface area contributed by atoms with Crippen LogP contribution in [-0.2, 0) is 4.74 Å². The molecule has 0 unspecified atom stereocenters. The van der Waals surface area contributed by atoms with Crippen LogP contribution in [0.4, 0.5) is 0 Å². The monoisotopic (exact) mass is 308 g/mol. The molecule has 0 saturated heterocycles. The first kappa shape index (κ1) is 14.8. The number of benzene rings is 1. The fourth-order valence-electron chi connectivity index (χ4n) is 1.52. The maximum atomic E-state index is 5.10. The summed E-state index contributed by atoms with van der Waals surface area (Å²) in [6.07, 6.45) is 0. The van der Waals surface area contributed by atoms with Gasteiger partial charge in [0.2, 0.25) is 0 Å². The number of hydrazone groups is 1. The Morgan fingerprint density at radius 2 is 2.25 bits per heavy atom. The van der Waals surface area contributed by atoms with E-state index in [4.69, 9.17) is 17.0 Å². The van der Waals surface area contributed by atoms with Gasteiger partial charge in [-0.25, -0.2) is 4.98 Å². The summed E-state index contributed by atoms with van der Waals surface area (Å²) in [5.74, 6) is 0. The van der Waals surface area contributed by atoms with Crippen LogP contribution in [0.15, 0.2) is 29.4 Å². The molecule has 20 heavy (non-hydrogen) atoms. The lowest BCUT2D eigenvalue weighted by Gasteiger charge is -2.06. The first-order valence-corrected chi connectivity index (χ1v) is 7.36. The van der Waals surface area contributed by atoms with Crippen LogP contribution < -0.4 is 10.7 Å². The molecule has 2 rings (SSSR count). The average Bonchev–Trinajstić information content (AvgIpc) is 2.89. The highest BCUT2D eigenvalue weighted by Gasteiger charge is 2.06. The molecule has 2 N–H and O–H groups in total. The van der Waals surface area contributed by atoms with E-state index in [1.54, 1.807) is 18.4 Å². The molecule has 2 aromatic rings. The number of nitrogens with zero attached hydrogens (tertiary/aromatic N) is 2. The maximum Gasteiger partial charge on any atom is 0.187 e. The summed E-state index contributed by atoms with van der Waals surface area (Å²) >= 11 is 6.71. The van der Waals surface area contributed by atoms with Crippen molar-refractivity contribution in [2.45, 2.75) is 6.92 Å². The normalized spacial score (nSPS) is 11.6. The van der Waals surface area contributed by atoms with Crippen LogP contribution in [-0.4, -0.2) is 36.1 Å². The Hall–Kier alpha value is -1.57. The number of thiocarbonyl (C=S) groups is 1. The summed E-state index contributed by atoms with van der Waals surface area (Å²) in [6.45, 7) is 3.16. The zero-order valence-corrected chi connectivity index (χ0v) is 13.0. The van der Waals surface area contributed by atoms with Gasteiger partial charge in [-0.2, -0.15) is 5.10 Å². The van der Waals surface area contributed by atoms with Gasteiger partial charge in [-0.15, -0.1) is 11.3 Å². The van der Waals surface area contributed by atoms with Gasteiger partial charge in [0, 0.05) is 13.7 Å². The van der Waals surface area contributed by atoms with E-state index in [1.807, 2.05) is 31.2 Å². The number of hydrogen-bond donors (Lipinski definition) is 2. The topological polar surface area (TPSA) is 58.5 Å². The van der Waals surface area contributed by atoms with E-state index >= 15 is 0 Å². The molecule has 0 radical (unpaired) electrons. The summed E-state index contributed by atoms with van der Waals surface area (Å²) in [4.78, 5) is 4.53. The van der Waals surface area contributed by atoms with Crippen LogP contribution in [0.3, 0.4) is 0 Å². The quantitative estimate of drug-likeness (QED) is 0.383. The van der Waals surface area contributed by atoms with Gasteiger partial charge in [0.25, 0.3) is 0 Å². The van der Waals surface area contributed by atoms with Crippen molar-refractivity contribution in [3.8, 4) is 0 Å². The van der Waals surface area contributed by atoms with Crippen LogP contribution in [0.25, 0.3) is 10.2 Å². The van der Waals surface area contributed by atoms with E-state index < -0.39 is 0 Å². The number of thiazole rings is 1. The summed E-state index contributed by atoms with van der Waals surface area (Å²) in [6, 6.07) is 8.02. The van der Waals surface area contributed by atoms with Crippen LogP contribution in [0.5, 0.6) is 0 Å². The Balaban J connectivity index is 1.97. The number of nitrogens with one attached hydrogen (secondary N) is 2. The minimum Gasteiger partial charge on any atom is -0.383 e. The molecule has 0 spiro atoms. The minimum atomic E-state index is 0.475. The highest BCUT2D eigenvalue weighted by Crippen LogP contribution is 2.21. The Morgan fingerprint density at radius 3 is 3.00 bits per heavy atom. The number of aromatic nitrogens is 1. The van der Waals surface area contributed by atoms with Crippen molar-refractivity contribution < 1.29 is 4.74 Å². The zero-order valence-electron chi connectivity index (χ0n) is 11.3. The second-order valence-corrected chi connectivity index (χ2v) is 5.48. The van der Waals surface area contributed by atoms with Gasteiger partial charge in [-0.1, -0.05) is 12.1 Å². The minimum absolute atomic E-state index is 0.475. The zero-order chi connectivity index (χ0) is 14.4. The molecule has 0 aliphatic carbocycles. The van der Waals surface area contributed by atoms with Gasteiger partial charge < -0.3 is 10.1 Å². The lowest BCUT2D eigenvalue weighted by molar-refractivity contribution is 0.204. The molecule has 5 nitrogen and oxygen atoms in total. The van der Waals surface area contributed by atoms with Crippen LogP contribution in [0.1, 0.15) is 11.9 Å². The number of hydrogen-bond acceptors (Lipinski definition) is 5. The van der Waals surface area contributed by atoms with E-state index in [0.29, 0.717) is 18.3 Å². The smallest absolute Gasteiger partial charge is 0.187 e. The molecule has 0 aliphatic heterocycles. The third-order valence-corrected chi connectivity index (χ3v) is 3.90. The van der Waals surface area contributed by atoms with E-state index in [9.17, 15) is 0 Å². The molecular formula is C13H16N4OS2. The van der Waals surface area contributed by atoms with Crippen molar-refractivity contribution >= 4 is 44.6 Å². The van der Waals surface area contributed by atoms with Gasteiger partial charge in [-0.3, -0.25) is 5.43 Å². The Morgan fingerprint density at radius 1 is 1.45 bits per heavy atom. The summed E-state index contributed by atoms with van der Waals surface area (Å²) in [5, 5.41) is 8.59. The predicted molar refractivity (Wildman–Crippen MR) is 87.4 cm³/mol. The molecule has 1 aromatic heterocycles. The van der Waals surface area contributed by atoms with Gasteiger partial charge in [0.1, 0.15) is 5.01 Å². The van der Waals surface area contributed by atoms with Crippen molar-refractivity contribution in [2.75, 3.05) is 20.3 Å². The fourth-order valence-corrected chi connectivity index (χ4v) is 2.57. The number of ether oxygens (including phenoxy) is 1. The lowest BCUT2D eigenvalue weighted by Crippen LogP contribution is -2.34. The fraction of sp³-hybridized carbons (Fsp3) is 0.308. The third kappa shape index (κ3) is 3.96. The van der Waals surface area contributed by atoms with Crippen molar-refractivity contribution in [1.82, 2.24) is 15.7 Å². The molecule has 1 heterocycles. The lowest BCUT2D eigenvalue weighted by atomic mass is 10.3. The first-order valence-electron chi connectivity index (χ1n) is 6.13. The van der Waals surface area contributed by atoms with Gasteiger partial charge >= 0.3 is 0 Å². The molecule has 0 bridgehead atoms. The predicted octanol–water partition coefficient (Wildman–Crippen LogP) is 2.13. The average molecular weight is 308 g/mol. The molecule has 0 aliphatic rings. The van der Waals surface area contributed by atoms with E-state index in [0.717, 1.165) is 20.9 Å². The van der Waals surface area contributed by atoms with Gasteiger partial charge in [0.05, 0.1) is 22.5 Å². The van der Waals surface area contributed by atoms with Crippen LogP contribution >= 0.6 is 23.6 Å². The molecule has 0 amide bonds. The maximum absolute atomic E-state index is 5.10. The highest BCUT2D eigenvalue weighted by atomic mass is 32.1. The molecule has 7 heteroatoms. The second kappa shape index (κ2) is 7.28. The van der Waals surface area contributed by atoms with Crippen LogP contribution in [0.2, 0.25) is 0 Å². The van der Waals surface area contributed by atoms with E-state index in [-0.39, 0.29) is 0 Å². The standard InChI is InChI=1S/C13H16N4OS2/c1-9(16-17-13(19)14-7-8-18-2)12-15-10-5-3-4-6-11(10)20-12/h3-6H,7-8H2,1-2H3,(H2,14,17,19)/b16-9-. The van der Waals surface area contributed by atoms with Crippen molar-refractivity contribution in [3.05, 3.63) is 29.3 Å². The molecular weight excluding hydrogens is 292 g/mol. The number of rotatable bonds is 5. The summed E-state index contributed by atoms with van der Waals surface area (Å²) in [7, 11) is 1.65. The Labute approximate surface area is 127 Å². The largest absolute Gasteiger partial charge is 0.383 e. The van der Waals surface area contributed by atoms with E-state index in [1.165, 1.54) is 0 Å². The van der Waals surface area contributed by atoms with Crippen molar-refractivity contribution in [3.63, 3.8) is 0 Å². The summed E-state index contributed by atoms with van der Waals surface area (Å²) in [5.41, 5.74) is 4.60. The van der Waals surface area contributed by atoms with Gasteiger partial charge in [-0.05, 0) is 31.3 Å². The molecule has 0 atom stereocenters. The molecule has 0 saturated carbocycles. The highest BCUT2D eigenvalue weighted by molar-refractivity contribution is 7.80. The Kier molecular flexibility index (Phi) is 5.40. The number of methoxy groups -OCH3 is 1. The third-order valence-electron chi connectivity index (χ3n) is 2.52. The van der Waals surface area contributed by atoms with Crippen molar-refractivity contribution in [1.29, 1.82) is 0 Å².